The van der Waals surface area contributed by atoms with E-state index >= 15 is 0 Å². The summed E-state index contributed by atoms with van der Waals surface area (Å²) >= 11 is 0. The minimum atomic E-state index is -0.310. The Hall–Kier alpha value is -2.86. The molecular weight excluding hydrogens is 316 g/mol. The Kier molecular flexibility index (Phi) is 5.64. The lowest BCUT2D eigenvalue weighted by atomic mass is 10.1. The molecule has 0 aliphatic carbocycles. The van der Waals surface area contributed by atoms with Gasteiger partial charge >= 0.3 is 6.03 Å². The lowest BCUT2D eigenvalue weighted by Gasteiger charge is -2.11. The minimum absolute atomic E-state index is 0.00179. The van der Waals surface area contributed by atoms with Crippen molar-refractivity contribution in [1.82, 2.24) is 5.32 Å². The van der Waals surface area contributed by atoms with Crippen molar-refractivity contribution in [1.29, 1.82) is 0 Å². The van der Waals surface area contributed by atoms with Crippen molar-refractivity contribution in [2.75, 3.05) is 22.5 Å². The summed E-state index contributed by atoms with van der Waals surface area (Å²) in [5, 5.41) is 11.7. The van der Waals surface area contributed by atoms with Gasteiger partial charge in [0.15, 0.2) is 0 Å². The summed E-state index contributed by atoms with van der Waals surface area (Å²) in [6.07, 6.45) is 2.66. The summed E-state index contributed by atoms with van der Waals surface area (Å²) in [5.41, 5.74) is 2.10. The van der Waals surface area contributed by atoms with Gasteiger partial charge in [-0.3, -0.25) is 4.79 Å². The van der Waals surface area contributed by atoms with Crippen LogP contribution in [-0.2, 0) is 4.79 Å². The van der Waals surface area contributed by atoms with E-state index in [1.165, 1.54) is 0 Å². The van der Waals surface area contributed by atoms with Crippen molar-refractivity contribution in [3.05, 3.63) is 54.6 Å². The fourth-order valence-corrected chi connectivity index (χ4v) is 2.82. The smallest absolute Gasteiger partial charge is 0.323 e. The fourth-order valence-electron chi connectivity index (χ4n) is 2.82. The number of anilines is 3. The number of urea groups is 1. The van der Waals surface area contributed by atoms with E-state index in [4.69, 9.17) is 0 Å². The van der Waals surface area contributed by atoms with Crippen LogP contribution in [0.3, 0.4) is 0 Å². The molecule has 130 valence electrons. The lowest BCUT2D eigenvalue weighted by Crippen LogP contribution is -2.27. The van der Waals surface area contributed by atoms with E-state index in [-0.39, 0.29) is 18.0 Å². The maximum Gasteiger partial charge on any atom is 0.323 e. The van der Waals surface area contributed by atoms with Crippen molar-refractivity contribution in [2.45, 2.75) is 25.3 Å². The predicted octanol–water partition coefficient (Wildman–Crippen LogP) is 3.41. The first-order valence-electron chi connectivity index (χ1n) is 8.45. The zero-order chi connectivity index (χ0) is 17.5. The molecule has 25 heavy (non-hydrogen) atoms. The summed E-state index contributed by atoms with van der Waals surface area (Å²) in [6.45, 7) is 0.989. The third-order valence-electron chi connectivity index (χ3n) is 4.05. The number of hydrogen-bond acceptors (Lipinski definition) is 3. The number of rotatable bonds is 5. The van der Waals surface area contributed by atoms with Gasteiger partial charge in [0.25, 0.3) is 0 Å². The van der Waals surface area contributed by atoms with E-state index < -0.39 is 0 Å². The van der Waals surface area contributed by atoms with Gasteiger partial charge in [-0.25, -0.2) is 4.79 Å². The number of benzene rings is 2. The molecule has 3 amide bonds. The van der Waals surface area contributed by atoms with Crippen LogP contribution in [0.25, 0.3) is 0 Å². The Morgan fingerprint density at radius 3 is 2.08 bits per heavy atom. The van der Waals surface area contributed by atoms with Gasteiger partial charge in [-0.2, -0.15) is 0 Å². The van der Waals surface area contributed by atoms with Crippen LogP contribution in [0.5, 0.6) is 0 Å². The first kappa shape index (κ1) is 17.0. The molecule has 1 atom stereocenters. The number of carbonyl (C=O) groups is 2. The van der Waals surface area contributed by atoms with Gasteiger partial charge in [0.2, 0.25) is 5.91 Å². The molecule has 1 aliphatic rings. The molecule has 0 saturated carbocycles. The van der Waals surface area contributed by atoms with E-state index in [0.29, 0.717) is 12.1 Å². The standard InChI is InChI=1S/C19H22N4O2/c24-18(13-17-7-4-12-20-17)21-15-8-10-16(11-9-15)23-19(25)22-14-5-2-1-3-6-14/h1-3,5-6,8-11,17,20H,4,7,12-13H2,(H,21,24)(H2,22,23,25). The van der Waals surface area contributed by atoms with Gasteiger partial charge in [0, 0.05) is 29.5 Å². The van der Waals surface area contributed by atoms with Crippen LogP contribution < -0.4 is 21.3 Å². The van der Waals surface area contributed by atoms with Crippen molar-refractivity contribution in [3.63, 3.8) is 0 Å². The average Bonchev–Trinajstić information content (AvgIpc) is 3.10. The second kappa shape index (κ2) is 8.30. The van der Waals surface area contributed by atoms with Gasteiger partial charge in [-0.15, -0.1) is 0 Å². The average molecular weight is 338 g/mol. The minimum Gasteiger partial charge on any atom is -0.326 e. The second-order valence-corrected chi connectivity index (χ2v) is 6.07. The van der Waals surface area contributed by atoms with Gasteiger partial charge < -0.3 is 21.3 Å². The van der Waals surface area contributed by atoms with Crippen LogP contribution >= 0.6 is 0 Å². The third kappa shape index (κ3) is 5.32. The van der Waals surface area contributed by atoms with Crippen LogP contribution in [-0.4, -0.2) is 24.5 Å². The van der Waals surface area contributed by atoms with Gasteiger partial charge in [-0.05, 0) is 55.8 Å². The van der Waals surface area contributed by atoms with Crippen LogP contribution in [0.15, 0.2) is 54.6 Å². The summed E-state index contributed by atoms with van der Waals surface area (Å²) in [5.74, 6) is 0.00179. The SMILES string of the molecule is O=C(CC1CCCN1)Nc1ccc(NC(=O)Nc2ccccc2)cc1. The molecule has 0 bridgehead atoms. The van der Waals surface area contributed by atoms with Crippen LogP contribution in [0.1, 0.15) is 19.3 Å². The lowest BCUT2D eigenvalue weighted by molar-refractivity contribution is -0.116. The normalized spacial score (nSPS) is 16.2. The molecule has 4 N–H and O–H groups in total. The maximum atomic E-state index is 12.0. The number of nitrogens with one attached hydrogen (secondary N) is 4. The highest BCUT2D eigenvalue weighted by molar-refractivity contribution is 6.00. The Labute approximate surface area is 147 Å². The topological polar surface area (TPSA) is 82.3 Å². The second-order valence-electron chi connectivity index (χ2n) is 6.07. The van der Waals surface area contributed by atoms with Crippen molar-refractivity contribution in [2.24, 2.45) is 0 Å². The zero-order valence-corrected chi connectivity index (χ0v) is 13.9. The number of para-hydroxylation sites is 1. The highest BCUT2D eigenvalue weighted by Crippen LogP contribution is 2.16. The van der Waals surface area contributed by atoms with Crippen molar-refractivity contribution >= 4 is 29.0 Å². The largest absolute Gasteiger partial charge is 0.326 e. The molecule has 6 nitrogen and oxygen atoms in total. The fraction of sp³-hybridized carbons (Fsp3) is 0.263. The Morgan fingerprint density at radius 2 is 1.48 bits per heavy atom. The first-order valence-corrected chi connectivity index (χ1v) is 8.45. The maximum absolute atomic E-state index is 12.0. The molecule has 0 spiro atoms. The summed E-state index contributed by atoms with van der Waals surface area (Å²) in [4.78, 5) is 23.9. The molecule has 6 heteroatoms. The van der Waals surface area contributed by atoms with E-state index in [1.54, 1.807) is 24.3 Å². The predicted molar refractivity (Wildman–Crippen MR) is 99.8 cm³/mol. The summed E-state index contributed by atoms with van der Waals surface area (Å²) in [6, 6.07) is 16.3. The molecule has 2 aromatic carbocycles. The molecule has 1 aliphatic heterocycles. The van der Waals surface area contributed by atoms with Gasteiger partial charge in [0.1, 0.15) is 0 Å². The Morgan fingerprint density at radius 1 is 0.880 bits per heavy atom. The summed E-state index contributed by atoms with van der Waals surface area (Å²) in [7, 11) is 0. The number of amides is 3. The highest BCUT2D eigenvalue weighted by Gasteiger charge is 2.17. The first-order chi connectivity index (χ1) is 12.2. The number of hydrogen-bond donors (Lipinski definition) is 4. The van der Waals surface area contributed by atoms with Gasteiger partial charge in [-0.1, -0.05) is 18.2 Å². The molecule has 1 fully saturated rings. The molecule has 1 unspecified atom stereocenters. The molecule has 2 aromatic rings. The quantitative estimate of drug-likeness (QED) is 0.674. The molecule has 3 rings (SSSR count). The van der Waals surface area contributed by atoms with Crippen LogP contribution in [0.4, 0.5) is 21.9 Å². The van der Waals surface area contributed by atoms with Crippen molar-refractivity contribution in [3.8, 4) is 0 Å². The molecule has 0 aromatic heterocycles. The molecule has 0 radical (unpaired) electrons. The van der Waals surface area contributed by atoms with Crippen LogP contribution in [0, 0.1) is 0 Å². The van der Waals surface area contributed by atoms with E-state index in [9.17, 15) is 9.59 Å². The Bertz CT molecular complexity index is 710. The Balaban J connectivity index is 1.48. The molecule has 1 saturated heterocycles. The third-order valence-corrected chi connectivity index (χ3v) is 4.05. The summed E-state index contributed by atoms with van der Waals surface area (Å²) < 4.78 is 0. The molecular formula is C19H22N4O2. The number of carbonyl (C=O) groups excluding carboxylic acids is 2. The highest BCUT2D eigenvalue weighted by atomic mass is 16.2. The molecule has 1 heterocycles. The van der Waals surface area contributed by atoms with E-state index in [0.717, 1.165) is 30.8 Å². The van der Waals surface area contributed by atoms with Gasteiger partial charge in [0.05, 0.1) is 0 Å². The van der Waals surface area contributed by atoms with Crippen LogP contribution in [0.2, 0.25) is 0 Å². The zero-order valence-electron chi connectivity index (χ0n) is 13.9. The monoisotopic (exact) mass is 338 g/mol. The van der Waals surface area contributed by atoms with E-state index in [1.807, 2.05) is 30.3 Å². The van der Waals surface area contributed by atoms with Crippen molar-refractivity contribution < 1.29 is 9.59 Å². The van der Waals surface area contributed by atoms with E-state index in [2.05, 4.69) is 21.3 Å².